The maximum atomic E-state index is 12.5. The summed E-state index contributed by atoms with van der Waals surface area (Å²) in [6.45, 7) is 4.96. The number of benzene rings is 2. The SMILES string of the molecule is CCCn1c(SCC(=O)Nc2nc3ccc(OC)cc3s2)nnc1-c1cccc(C)c1. The number of fused-ring (bicyclic) bond motifs is 1. The van der Waals surface area contributed by atoms with Crippen molar-refractivity contribution in [3.05, 3.63) is 48.0 Å². The molecule has 31 heavy (non-hydrogen) atoms. The van der Waals surface area contributed by atoms with Crippen LogP contribution in [0.25, 0.3) is 21.6 Å². The van der Waals surface area contributed by atoms with Crippen molar-refractivity contribution in [2.45, 2.75) is 32.0 Å². The molecule has 1 N–H and O–H groups in total. The highest BCUT2D eigenvalue weighted by Gasteiger charge is 2.16. The number of hydrogen-bond donors (Lipinski definition) is 1. The molecule has 0 radical (unpaired) electrons. The van der Waals surface area contributed by atoms with Crippen LogP contribution in [0.5, 0.6) is 5.75 Å². The molecule has 0 aliphatic carbocycles. The number of thiazole rings is 1. The molecule has 0 spiro atoms. The predicted octanol–water partition coefficient (Wildman–Crippen LogP) is 5.01. The zero-order chi connectivity index (χ0) is 21.8. The molecule has 2 heterocycles. The maximum Gasteiger partial charge on any atom is 0.236 e. The van der Waals surface area contributed by atoms with E-state index in [0.29, 0.717) is 5.13 Å². The maximum absolute atomic E-state index is 12.5. The summed E-state index contributed by atoms with van der Waals surface area (Å²) >= 11 is 2.81. The fraction of sp³-hybridized carbons (Fsp3) is 0.273. The van der Waals surface area contributed by atoms with E-state index in [1.165, 1.54) is 28.7 Å². The Bertz CT molecular complexity index is 1220. The molecule has 0 unspecified atom stereocenters. The Hall–Kier alpha value is -2.91. The van der Waals surface area contributed by atoms with Gasteiger partial charge in [-0.25, -0.2) is 4.98 Å². The lowest BCUT2D eigenvalue weighted by Gasteiger charge is -2.09. The lowest BCUT2D eigenvalue weighted by Crippen LogP contribution is -2.14. The van der Waals surface area contributed by atoms with E-state index < -0.39 is 0 Å². The minimum atomic E-state index is -0.126. The number of aryl methyl sites for hydroxylation is 1. The van der Waals surface area contributed by atoms with Crippen molar-refractivity contribution in [3.63, 3.8) is 0 Å². The number of carbonyl (C=O) groups excluding carboxylic acids is 1. The third-order valence-corrected chi connectivity index (χ3v) is 6.52. The molecular weight excluding hydrogens is 430 g/mol. The number of ether oxygens (including phenoxy) is 1. The quantitative estimate of drug-likeness (QED) is 0.378. The first-order valence-electron chi connectivity index (χ1n) is 9.95. The Kier molecular flexibility index (Phi) is 6.53. The van der Waals surface area contributed by atoms with Crippen molar-refractivity contribution in [1.82, 2.24) is 19.7 Å². The molecule has 0 aliphatic rings. The van der Waals surface area contributed by atoms with Crippen LogP contribution in [0.3, 0.4) is 0 Å². The fourth-order valence-corrected chi connectivity index (χ4v) is 4.86. The van der Waals surface area contributed by atoms with Gasteiger partial charge >= 0.3 is 0 Å². The van der Waals surface area contributed by atoms with Crippen molar-refractivity contribution in [2.24, 2.45) is 0 Å². The van der Waals surface area contributed by atoms with Crippen LogP contribution in [0, 0.1) is 6.92 Å². The zero-order valence-corrected chi connectivity index (χ0v) is 19.2. The van der Waals surface area contributed by atoms with E-state index in [4.69, 9.17) is 4.74 Å². The topological polar surface area (TPSA) is 81.9 Å². The van der Waals surface area contributed by atoms with Crippen molar-refractivity contribution in [3.8, 4) is 17.1 Å². The number of amides is 1. The highest BCUT2D eigenvalue weighted by atomic mass is 32.2. The highest BCUT2D eigenvalue weighted by molar-refractivity contribution is 7.99. The second-order valence-corrected chi connectivity index (χ2v) is 8.99. The van der Waals surface area contributed by atoms with Gasteiger partial charge in [0.15, 0.2) is 16.1 Å². The van der Waals surface area contributed by atoms with Gasteiger partial charge in [-0.1, -0.05) is 53.8 Å². The Morgan fingerprint density at radius 3 is 2.87 bits per heavy atom. The van der Waals surface area contributed by atoms with Crippen LogP contribution in [-0.4, -0.2) is 38.5 Å². The molecule has 7 nitrogen and oxygen atoms in total. The summed E-state index contributed by atoms with van der Waals surface area (Å²) in [7, 11) is 1.63. The number of nitrogens with one attached hydrogen (secondary N) is 1. The molecule has 0 fully saturated rings. The number of carbonyl (C=O) groups is 1. The first-order valence-corrected chi connectivity index (χ1v) is 11.7. The van der Waals surface area contributed by atoms with Gasteiger partial charge in [-0.3, -0.25) is 4.79 Å². The molecule has 9 heteroatoms. The van der Waals surface area contributed by atoms with Crippen LogP contribution in [-0.2, 0) is 11.3 Å². The van der Waals surface area contributed by atoms with Crippen LogP contribution >= 0.6 is 23.1 Å². The third-order valence-electron chi connectivity index (χ3n) is 4.61. The third kappa shape index (κ3) is 4.88. The van der Waals surface area contributed by atoms with E-state index in [-0.39, 0.29) is 11.7 Å². The molecule has 0 saturated carbocycles. The standard InChI is InChI=1S/C22H23N5O2S2/c1-4-10-27-20(15-7-5-6-14(2)11-15)25-26-22(27)30-13-19(28)24-21-23-17-9-8-16(29-3)12-18(17)31-21/h5-9,11-12H,4,10,13H2,1-3H3,(H,23,24,28). The molecule has 1 amide bonds. The van der Waals surface area contributed by atoms with Crippen LogP contribution in [0.2, 0.25) is 0 Å². The number of aromatic nitrogens is 4. The molecule has 2 aromatic heterocycles. The Morgan fingerprint density at radius 2 is 2.10 bits per heavy atom. The van der Waals surface area contributed by atoms with Gasteiger partial charge in [0, 0.05) is 12.1 Å². The molecule has 4 aromatic rings. The smallest absolute Gasteiger partial charge is 0.236 e. The van der Waals surface area contributed by atoms with Crippen LogP contribution in [0.15, 0.2) is 47.6 Å². The summed E-state index contributed by atoms with van der Waals surface area (Å²) in [5, 5.41) is 12.9. The summed E-state index contributed by atoms with van der Waals surface area (Å²) < 4.78 is 8.29. The molecule has 160 valence electrons. The molecule has 0 bridgehead atoms. The molecular formula is C22H23N5O2S2. The number of nitrogens with zero attached hydrogens (tertiary/aromatic N) is 4. The minimum absolute atomic E-state index is 0.126. The first kappa shape index (κ1) is 21.3. The van der Waals surface area contributed by atoms with Gasteiger partial charge in [-0.2, -0.15) is 0 Å². The number of anilines is 1. The monoisotopic (exact) mass is 453 g/mol. The van der Waals surface area contributed by atoms with Crippen molar-refractivity contribution in [1.29, 1.82) is 0 Å². The van der Waals surface area contributed by atoms with Gasteiger partial charge in [0.05, 0.1) is 23.1 Å². The molecule has 2 aromatic carbocycles. The van der Waals surface area contributed by atoms with Gasteiger partial charge in [-0.15, -0.1) is 10.2 Å². The average molecular weight is 454 g/mol. The van der Waals surface area contributed by atoms with Crippen LogP contribution in [0.4, 0.5) is 5.13 Å². The summed E-state index contributed by atoms with van der Waals surface area (Å²) in [6.07, 6.45) is 0.950. The largest absolute Gasteiger partial charge is 0.497 e. The Morgan fingerprint density at radius 1 is 1.23 bits per heavy atom. The van der Waals surface area contributed by atoms with E-state index in [9.17, 15) is 4.79 Å². The van der Waals surface area contributed by atoms with Crippen LogP contribution in [0.1, 0.15) is 18.9 Å². The predicted molar refractivity (Wildman–Crippen MR) is 126 cm³/mol. The zero-order valence-electron chi connectivity index (χ0n) is 17.6. The average Bonchev–Trinajstić information content (AvgIpc) is 3.35. The fourth-order valence-electron chi connectivity index (χ4n) is 3.19. The van der Waals surface area contributed by atoms with Gasteiger partial charge in [0.2, 0.25) is 5.91 Å². The van der Waals surface area contributed by atoms with E-state index >= 15 is 0 Å². The molecule has 0 atom stereocenters. The molecule has 4 rings (SSSR count). The van der Waals surface area contributed by atoms with E-state index in [0.717, 1.165) is 45.5 Å². The van der Waals surface area contributed by atoms with Gasteiger partial charge in [0.1, 0.15) is 5.75 Å². The van der Waals surface area contributed by atoms with E-state index in [1.807, 2.05) is 30.3 Å². The Balaban J connectivity index is 1.45. The van der Waals surface area contributed by atoms with E-state index in [1.54, 1.807) is 7.11 Å². The lowest BCUT2D eigenvalue weighted by atomic mass is 10.1. The summed E-state index contributed by atoms with van der Waals surface area (Å²) in [4.78, 5) is 17.0. The summed E-state index contributed by atoms with van der Waals surface area (Å²) in [5.74, 6) is 1.70. The minimum Gasteiger partial charge on any atom is -0.497 e. The lowest BCUT2D eigenvalue weighted by molar-refractivity contribution is -0.113. The van der Waals surface area contributed by atoms with E-state index in [2.05, 4.69) is 51.0 Å². The second-order valence-electron chi connectivity index (χ2n) is 7.02. The molecule has 0 aliphatic heterocycles. The van der Waals surface area contributed by atoms with Gasteiger partial charge < -0.3 is 14.6 Å². The summed E-state index contributed by atoms with van der Waals surface area (Å²) in [6, 6.07) is 13.9. The number of hydrogen-bond acceptors (Lipinski definition) is 7. The van der Waals surface area contributed by atoms with Crippen molar-refractivity contribution < 1.29 is 9.53 Å². The Labute approximate surface area is 188 Å². The van der Waals surface area contributed by atoms with Gasteiger partial charge in [0.25, 0.3) is 0 Å². The van der Waals surface area contributed by atoms with Crippen LogP contribution < -0.4 is 10.1 Å². The first-order chi connectivity index (χ1) is 15.1. The number of methoxy groups -OCH3 is 1. The van der Waals surface area contributed by atoms with Crippen molar-refractivity contribution >= 4 is 44.4 Å². The second kappa shape index (κ2) is 9.49. The number of rotatable bonds is 8. The highest BCUT2D eigenvalue weighted by Crippen LogP contribution is 2.30. The molecule has 0 saturated heterocycles. The normalized spacial score (nSPS) is 11.1. The van der Waals surface area contributed by atoms with Gasteiger partial charge in [-0.05, 0) is 37.6 Å². The summed E-state index contributed by atoms with van der Waals surface area (Å²) in [5.41, 5.74) is 3.03. The number of thioether (sulfide) groups is 1. The van der Waals surface area contributed by atoms with Crippen molar-refractivity contribution in [2.75, 3.05) is 18.2 Å².